The zero-order chi connectivity index (χ0) is 15.1. The van der Waals surface area contributed by atoms with Crippen molar-refractivity contribution in [1.29, 1.82) is 0 Å². The highest BCUT2D eigenvalue weighted by Gasteiger charge is 2.48. The summed E-state index contributed by atoms with van der Waals surface area (Å²) in [5.41, 5.74) is 1.09. The van der Waals surface area contributed by atoms with E-state index in [4.69, 9.17) is 4.74 Å². The van der Waals surface area contributed by atoms with E-state index in [1.165, 1.54) is 12.8 Å². The van der Waals surface area contributed by atoms with Crippen molar-refractivity contribution in [3.05, 3.63) is 29.8 Å². The van der Waals surface area contributed by atoms with Crippen LogP contribution < -0.4 is 0 Å². The molecule has 22 heavy (non-hydrogen) atoms. The molecule has 4 rings (SSSR count). The van der Waals surface area contributed by atoms with E-state index in [0.29, 0.717) is 18.6 Å². The zero-order valence-corrected chi connectivity index (χ0v) is 12.8. The van der Waals surface area contributed by atoms with Crippen molar-refractivity contribution >= 4 is 5.91 Å². The Morgan fingerprint density at radius 3 is 3.00 bits per heavy atom. The number of phenols is 1. The van der Waals surface area contributed by atoms with E-state index >= 15 is 0 Å². The summed E-state index contributed by atoms with van der Waals surface area (Å²) in [5, 5.41) is 9.61. The second-order valence-corrected chi connectivity index (χ2v) is 6.84. The molecule has 1 heterocycles. The number of phenolic OH excluding ortho intramolecular Hbond substituents is 1. The van der Waals surface area contributed by atoms with Crippen molar-refractivity contribution in [2.24, 2.45) is 5.92 Å². The Labute approximate surface area is 131 Å². The number of morpholine rings is 1. The number of fused-ring (bicyclic) bond motifs is 1. The van der Waals surface area contributed by atoms with Crippen LogP contribution in [-0.4, -0.2) is 41.2 Å². The number of aromatic hydroxyl groups is 1. The standard InChI is InChI=1S/C18H23NO3/c20-13-5-3-4-12(10-13)14-11-15(14)18(21)19-8-9-22-17-7-2-1-6-16(17)19/h3-5,10,14-17,20H,1-2,6-9,11H2/t14-,15+,16-,17-/m1/s1. The lowest BCUT2D eigenvalue weighted by Crippen LogP contribution is -2.55. The van der Waals surface area contributed by atoms with Gasteiger partial charge in [0.1, 0.15) is 5.75 Å². The van der Waals surface area contributed by atoms with Gasteiger partial charge in [0.2, 0.25) is 5.91 Å². The number of rotatable bonds is 2. The topological polar surface area (TPSA) is 49.8 Å². The van der Waals surface area contributed by atoms with Crippen molar-refractivity contribution < 1.29 is 14.6 Å². The largest absolute Gasteiger partial charge is 0.508 e. The Balaban J connectivity index is 1.46. The first kappa shape index (κ1) is 14.1. The molecular weight excluding hydrogens is 278 g/mol. The molecule has 4 nitrogen and oxygen atoms in total. The van der Waals surface area contributed by atoms with Gasteiger partial charge < -0.3 is 14.7 Å². The van der Waals surface area contributed by atoms with Crippen LogP contribution >= 0.6 is 0 Å². The number of ether oxygens (including phenoxy) is 1. The molecule has 0 spiro atoms. The number of hydrogen-bond donors (Lipinski definition) is 1. The molecule has 1 aromatic rings. The summed E-state index contributed by atoms with van der Waals surface area (Å²) in [7, 11) is 0. The van der Waals surface area contributed by atoms with Gasteiger partial charge in [-0.05, 0) is 42.9 Å². The van der Waals surface area contributed by atoms with Crippen LogP contribution in [0.2, 0.25) is 0 Å². The first-order valence-corrected chi connectivity index (χ1v) is 8.45. The Morgan fingerprint density at radius 2 is 2.14 bits per heavy atom. The van der Waals surface area contributed by atoms with Crippen LogP contribution in [0.15, 0.2) is 24.3 Å². The monoisotopic (exact) mass is 301 g/mol. The summed E-state index contributed by atoms with van der Waals surface area (Å²) < 4.78 is 5.86. The van der Waals surface area contributed by atoms with Crippen LogP contribution in [0.5, 0.6) is 5.75 Å². The maximum atomic E-state index is 12.9. The second kappa shape index (κ2) is 5.58. The maximum Gasteiger partial charge on any atom is 0.226 e. The molecule has 4 atom stereocenters. The van der Waals surface area contributed by atoms with Crippen LogP contribution in [0.4, 0.5) is 0 Å². The molecule has 0 aromatic heterocycles. The van der Waals surface area contributed by atoms with Gasteiger partial charge in [-0.2, -0.15) is 0 Å². The van der Waals surface area contributed by atoms with Gasteiger partial charge in [-0.15, -0.1) is 0 Å². The molecule has 1 aromatic carbocycles. The summed E-state index contributed by atoms with van der Waals surface area (Å²) in [6, 6.07) is 7.63. The van der Waals surface area contributed by atoms with Gasteiger partial charge in [0, 0.05) is 12.5 Å². The minimum absolute atomic E-state index is 0.0995. The fraction of sp³-hybridized carbons (Fsp3) is 0.611. The van der Waals surface area contributed by atoms with Crippen LogP contribution in [0.25, 0.3) is 0 Å². The third-order valence-corrected chi connectivity index (χ3v) is 5.42. The summed E-state index contributed by atoms with van der Waals surface area (Å²) in [5.74, 6) is 0.967. The van der Waals surface area contributed by atoms with E-state index < -0.39 is 0 Å². The first-order chi connectivity index (χ1) is 10.7. The second-order valence-electron chi connectivity index (χ2n) is 6.84. The first-order valence-electron chi connectivity index (χ1n) is 8.45. The third-order valence-electron chi connectivity index (χ3n) is 5.42. The Kier molecular flexibility index (Phi) is 3.57. The van der Waals surface area contributed by atoms with E-state index in [0.717, 1.165) is 31.4 Å². The van der Waals surface area contributed by atoms with Crippen LogP contribution in [0.1, 0.15) is 43.6 Å². The van der Waals surface area contributed by atoms with Gasteiger partial charge in [0.25, 0.3) is 0 Å². The molecule has 2 saturated carbocycles. The predicted molar refractivity (Wildman–Crippen MR) is 82.7 cm³/mol. The Hall–Kier alpha value is -1.55. The summed E-state index contributed by atoms with van der Waals surface area (Å²) in [6.45, 7) is 1.42. The van der Waals surface area contributed by atoms with E-state index in [-0.39, 0.29) is 23.7 Å². The Morgan fingerprint density at radius 1 is 1.27 bits per heavy atom. The number of carbonyl (C=O) groups is 1. The zero-order valence-electron chi connectivity index (χ0n) is 12.8. The number of hydrogen-bond acceptors (Lipinski definition) is 3. The lowest BCUT2D eigenvalue weighted by molar-refractivity contribution is -0.151. The fourth-order valence-corrected chi connectivity index (χ4v) is 4.17. The highest BCUT2D eigenvalue weighted by atomic mass is 16.5. The fourth-order valence-electron chi connectivity index (χ4n) is 4.17. The lowest BCUT2D eigenvalue weighted by atomic mass is 9.90. The van der Waals surface area contributed by atoms with Crippen molar-refractivity contribution in [3.8, 4) is 5.75 Å². The number of carbonyl (C=O) groups excluding carboxylic acids is 1. The predicted octanol–water partition coefficient (Wildman–Crippen LogP) is 2.67. The summed E-state index contributed by atoms with van der Waals surface area (Å²) in [6.07, 6.45) is 5.77. The van der Waals surface area contributed by atoms with Crippen molar-refractivity contribution in [2.75, 3.05) is 13.2 Å². The van der Waals surface area contributed by atoms with E-state index in [1.807, 2.05) is 12.1 Å². The quantitative estimate of drug-likeness (QED) is 0.913. The maximum absolute atomic E-state index is 12.9. The van der Waals surface area contributed by atoms with Crippen LogP contribution in [0.3, 0.4) is 0 Å². The van der Waals surface area contributed by atoms with Gasteiger partial charge >= 0.3 is 0 Å². The molecule has 1 N–H and O–H groups in total. The molecule has 3 aliphatic rings. The molecule has 0 bridgehead atoms. The molecule has 2 aliphatic carbocycles. The van der Waals surface area contributed by atoms with Crippen LogP contribution in [-0.2, 0) is 9.53 Å². The minimum Gasteiger partial charge on any atom is -0.508 e. The van der Waals surface area contributed by atoms with Gasteiger partial charge in [-0.1, -0.05) is 25.0 Å². The summed E-state index contributed by atoms with van der Waals surface area (Å²) in [4.78, 5) is 15.0. The average Bonchev–Trinajstić information content (AvgIpc) is 3.34. The van der Waals surface area contributed by atoms with Gasteiger partial charge in [-0.3, -0.25) is 4.79 Å². The molecular formula is C18H23NO3. The minimum atomic E-state index is 0.0995. The van der Waals surface area contributed by atoms with Crippen molar-refractivity contribution in [3.63, 3.8) is 0 Å². The Bertz CT molecular complexity index is 571. The van der Waals surface area contributed by atoms with Gasteiger partial charge in [-0.25, -0.2) is 0 Å². The molecule has 0 unspecified atom stereocenters. The van der Waals surface area contributed by atoms with Crippen molar-refractivity contribution in [2.45, 2.75) is 50.2 Å². The average molecular weight is 301 g/mol. The van der Waals surface area contributed by atoms with E-state index in [9.17, 15) is 9.90 Å². The summed E-state index contributed by atoms with van der Waals surface area (Å²) >= 11 is 0. The number of nitrogens with zero attached hydrogens (tertiary/aromatic N) is 1. The smallest absolute Gasteiger partial charge is 0.226 e. The SMILES string of the molecule is O=C([C@H]1C[C@@H]1c1cccc(O)c1)N1CCO[C@@H]2CCCC[C@H]21. The molecule has 1 amide bonds. The third kappa shape index (κ3) is 2.50. The van der Waals surface area contributed by atoms with E-state index in [1.54, 1.807) is 12.1 Å². The number of benzene rings is 1. The van der Waals surface area contributed by atoms with Crippen molar-refractivity contribution in [1.82, 2.24) is 4.90 Å². The highest BCUT2D eigenvalue weighted by Crippen LogP contribution is 2.49. The normalized spacial score (nSPS) is 34.1. The molecule has 1 saturated heterocycles. The highest BCUT2D eigenvalue weighted by molar-refractivity contribution is 5.83. The van der Waals surface area contributed by atoms with Gasteiger partial charge in [0.15, 0.2) is 0 Å². The molecule has 1 aliphatic heterocycles. The van der Waals surface area contributed by atoms with Gasteiger partial charge in [0.05, 0.1) is 18.8 Å². The molecule has 0 radical (unpaired) electrons. The van der Waals surface area contributed by atoms with E-state index in [2.05, 4.69) is 4.90 Å². The van der Waals surface area contributed by atoms with Crippen LogP contribution in [0, 0.1) is 5.92 Å². The number of amides is 1. The molecule has 118 valence electrons. The molecule has 4 heteroatoms. The lowest BCUT2D eigenvalue weighted by Gasteiger charge is -2.44. The molecule has 3 fully saturated rings.